The number of anilines is 1. The molecular weight excluding hydrogens is 178 g/mol. The van der Waals surface area contributed by atoms with Crippen molar-refractivity contribution in [1.82, 2.24) is 10.9 Å². The minimum Gasteiger partial charge on any atom is -0.477 e. The van der Waals surface area contributed by atoms with Gasteiger partial charge in [-0.25, -0.2) is 5.43 Å². The van der Waals surface area contributed by atoms with Crippen LogP contribution in [0.1, 0.15) is 0 Å². The molecule has 0 saturated carbocycles. The van der Waals surface area contributed by atoms with E-state index in [1.165, 1.54) is 5.69 Å². The van der Waals surface area contributed by atoms with E-state index in [0.29, 0.717) is 6.73 Å². The van der Waals surface area contributed by atoms with Gasteiger partial charge < -0.3 is 9.64 Å². The SMILES string of the molecule is CNNCOc1ccc(N(C)C)cc1. The molecule has 0 bridgehead atoms. The molecule has 4 heteroatoms. The molecule has 1 rings (SSSR count). The van der Waals surface area contributed by atoms with E-state index in [1.54, 1.807) is 7.05 Å². The van der Waals surface area contributed by atoms with Gasteiger partial charge in [-0.1, -0.05) is 0 Å². The first-order chi connectivity index (χ1) is 6.74. The van der Waals surface area contributed by atoms with Crippen molar-refractivity contribution in [2.75, 3.05) is 32.8 Å². The Hall–Kier alpha value is -1.26. The molecule has 0 atom stereocenters. The van der Waals surface area contributed by atoms with Crippen molar-refractivity contribution < 1.29 is 4.74 Å². The fraction of sp³-hybridized carbons (Fsp3) is 0.400. The largest absolute Gasteiger partial charge is 0.477 e. The molecule has 0 saturated heterocycles. The number of hydrogen-bond acceptors (Lipinski definition) is 4. The van der Waals surface area contributed by atoms with Gasteiger partial charge in [0, 0.05) is 19.8 Å². The maximum Gasteiger partial charge on any atom is 0.151 e. The average Bonchev–Trinajstić information content (AvgIpc) is 2.19. The van der Waals surface area contributed by atoms with Crippen LogP contribution in [0.4, 0.5) is 5.69 Å². The van der Waals surface area contributed by atoms with Crippen LogP contribution in [0.25, 0.3) is 0 Å². The highest BCUT2D eigenvalue weighted by Gasteiger charge is 1.95. The van der Waals surface area contributed by atoms with Gasteiger partial charge in [0.15, 0.2) is 6.73 Å². The highest BCUT2D eigenvalue weighted by molar-refractivity contribution is 5.47. The van der Waals surface area contributed by atoms with Crippen LogP contribution in [-0.4, -0.2) is 27.9 Å². The Morgan fingerprint density at radius 2 is 1.86 bits per heavy atom. The van der Waals surface area contributed by atoms with Crippen LogP contribution in [0, 0.1) is 0 Å². The monoisotopic (exact) mass is 195 g/mol. The van der Waals surface area contributed by atoms with E-state index in [2.05, 4.69) is 15.8 Å². The van der Waals surface area contributed by atoms with Crippen LogP contribution in [0.5, 0.6) is 5.75 Å². The van der Waals surface area contributed by atoms with Crippen LogP contribution in [0.15, 0.2) is 24.3 Å². The smallest absolute Gasteiger partial charge is 0.151 e. The Labute approximate surface area is 84.8 Å². The minimum absolute atomic E-state index is 0.456. The summed E-state index contributed by atoms with van der Waals surface area (Å²) < 4.78 is 5.39. The van der Waals surface area contributed by atoms with Crippen LogP contribution < -0.4 is 20.5 Å². The Bertz CT molecular complexity index is 259. The van der Waals surface area contributed by atoms with Gasteiger partial charge in [0.05, 0.1) is 0 Å². The summed E-state index contributed by atoms with van der Waals surface area (Å²) in [5.74, 6) is 0.860. The molecule has 0 unspecified atom stereocenters. The third-order valence-electron chi connectivity index (χ3n) is 1.84. The fourth-order valence-corrected chi connectivity index (χ4v) is 1.03. The maximum absolute atomic E-state index is 5.39. The van der Waals surface area contributed by atoms with Crippen molar-refractivity contribution in [2.24, 2.45) is 0 Å². The maximum atomic E-state index is 5.39. The van der Waals surface area contributed by atoms with Gasteiger partial charge in [0.2, 0.25) is 0 Å². The number of benzene rings is 1. The third kappa shape index (κ3) is 3.24. The third-order valence-corrected chi connectivity index (χ3v) is 1.84. The van der Waals surface area contributed by atoms with Crippen molar-refractivity contribution in [3.63, 3.8) is 0 Å². The Kier molecular flexibility index (Phi) is 4.22. The number of hydrogen-bond donors (Lipinski definition) is 2. The number of ether oxygens (including phenoxy) is 1. The van der Waals surface area contributed by atoms with Crippen molar-refractivity contribution in [3.05, 3.63) is 24.3 Å². The molecule has 0 aliphatic rings. The number of rotatable bonds is 5. The molecule has 0 radical (unpaired) electrons. The molecule has 0 fully saturated rings. The van der Waals surface area contributed by atoms with Crippen LogP contribution >= 0.6 is 0 Å². The molecule has 1 aromatic carbocycles. The van der Waals surface area contributed by atoms with Crippen molar-refractivity contribution in [2.45, 2.75) is 0 Å². The molecule has 0 heterocycles. The summed E-state index contributed by atoms with van der Waals surface area (Å²) in [6.07, 6.45) is 0. The molecular formula is C10H17N3O. The van der Waals surface area contributed by atoms with Crippen LogP contribution in [0.2, 0.25) is 0 Å². The summed E-state index contributed by atoms with van der Waals surface area (Å²) in [5.41, 5.74) is 6.80. The van der Waals surface area contributed by atoms with E-state index in [4.69, 9.17) is 4.74 Å². The first kappa shape index (κ1) is 10.8. The van der Waals surface area contributed by atoms with Crippen molar-refractivity contribution in [3.8, 4) is 5.75 Å². The Morgan fingerprint density at radius 1 is 1.21 bits per heavy atom. The van der Waals surface area contributed by atoms with E-state index >= 15 is 0 Å². The molecule has 0 aliphatic carbocycles. The van der Waals surface area contributed by atoms with Gasteiger partial charge in [-0.3, -0.25) is 5.43 Å². The lowest BCUT2D eigenvalue weighted by atomic mass is 10.3. The molecule has 2 N–H and O–H groups in total. The quantitative estimate of drug-likeness (QED) is 0.414. The molecule has 0 spiro atoms. The molecule has 14 heavy (non-hydrogen) atoms. The summed E-state index contributed by atoms with van der Waals surface area (Å²) in [6, 6.07) is 7.95. The lowest BCUT2D eigenvalue weighted by Gasteiger charge is -2.13. The fourth-order valence-electron chi connectivity index (χ4n) is 1.03. The first-order valence-corrected chi connectivity index (χ1v) is 4.54. The Morgan fingerprint density at radius 3 is 2.36 bits per heavy atom. The van der Waals surface area contributed by atoms with Gasteiger partial charge in [-0.05, 0) is 31.3 Å². The molecule has 4 nitrogen and oxygen atoms in total. The highest BCUT2D eigenvalue weighted by Crippen LogP contribution is 2.16. The summed E-state index contributed by atoms with van der Waals surface area (Å²) >= 11 is 0. The number of hydrazine groups is 1. The predicted molar refractivity (Wildman–Crippen MR) is 58.5 cm³/mol. The zero-order chi connectivity index (χ0) is 10.4. The topological polar surface area (TPSA) is 36.5 Å². The summed E-state index contributed by atoms with van der Waals surface area (Å²) in [4.78, 5) is 2.05. The molecule has 0 aromatic heterocycles. The van der Waals surface area contributed by atoms with Crippen molar-refractivity contribution in [1.29, 1.82) is 0 Å². The zero-order valence-electron chi connectivity index (χ0n) is 8.87. The van der Waals surface area contributed by atoms with E-state index in [0.717, 1.165) is 5.75 Å². The average molecular weight is 195 g/mol. The minimum atomic E-state index is 0.456. The lowest BCUT2D eigenvalue weighted by Crippen LogP contribution is -2.31. The zero-order valence-corrected chi connectivity index (χ0v) is 8.87. The number of nitrogens with zero attached hydrogens (tertiary/aromatic N) is 1. The predicted octanol–water partition coefficient (Wildman–Crippen LogP) is 0.813. The van der Waals surface area contributed by atoms with Gasteiger partial charge in [-0.2, -0.15) is 0 Å². The standard InChI is InChI=1S/C10H17N3O/c1-11-12-8-14-10-6-4-9(5-7-10)13(2)3/h4-7,11-12H,8H2,1-3H3. The van der Waals surface area contributed by atoms with Gasteiger partial charge >= 0.3 is 0 Å². The second-order valence-corrected chi connectivity index (χ2v) is 3.10. The molecule has 1 aromatic rings. The molecule has 0 aliphatic heterocycles. The highest BCUT2D eigenvalue weighted by atomic mass is 16.5. The van der Waals surface area contributed by atoms with E-state index in [1.807, 2.05) is 38.4 Å². The van der Waals surface area contributed by atoms with Gasteiger partial charge in [0.1, 0.15) is 5.75 Å². The molecule has 0 amide bonds. The van der Waals surface area contributed by atoms with Crippen LogP contribution in [0.3, 0.4) is 0 Å². The molecule has 78 valence electrons. The van der Waals surface area contributed by atoms with E-state index in [-0.39, 0.29) is 0 Å². The van der Waals surface area contributed by atoms with Crippen LogP contribution in [-0.2, 0) is 0 Å². The van der Waals surface area contributed by atoms with E-state index < -0.39 is 0 Å². The summed E-state index contributed by atoms with van der Waals surface area (Å²) in [6.45, 7) is 0.456. The normalized spacial score (nSPS) is 9.93. The second-order valence-electron chi connectivity index (χ2n) is 3.10. The number of nitrogens with one attached hydrogen (secondary N) is 2. The summed E-state index contributed by atoms with van der Waals surface area (Å²) in [5, 5.41) is 0. The van der Waals surface area contributed by atoms with Gasteiger partial charge in [-0.15, -0.1) is 0 Å². The lowest BCUT2D eigenvalue weighted by molar-refractivity contribution is 0.267. The first-order valence-electron chi connectivity index (χ1n) is 4.54. The van der Waals surface area contributed by atoms with Gasteiger partial charge in [0.25, 0.3) is 0 Å². The van der Waals surface area contributed by atoms with Crippen molar-refractivity contribution >= 4 is 5.69 Å². The summed E-state index contributed by atoms with van der Waals surface area (Å²) in [7, 11) is 5.83. The second kappa shape index (κ2) is 5.47. The Balaban J connectivity index is 2.47. The van der Waals surface area contributed by atoms with E-state index in [9.17, 15) is 0 Å².